The van der Waals surface area contributed by atoms with Crippen LogP contribution in [0.5, 0.6) is 0 Å². The second-order valence-electron chi connectivity index (χ2n) is 5.98. The number of aromatic nitrogens is 2. The Morgan fingerprint density at radius 2 is 2.10 bits per heavy atom. The maximum absolute atomic E-state index is 11.0. The number of rotatable bonds is 3. The summed E-state index contributed by atoms with van der Waals surface area (Å²) in [6.45, 7) is 7.13. The van der Waals surface area contributed by atoms with E-state index in [2.05, 4.69) is 15.1 Å². The fraction of sp³-hybridized carbons (Fsp3) is 0.533. The molecule has 2 heterocycles. The topological polar surface area (TPSA) is 61.4 Å². The summed E-state index contributed by atoms with van der Waals surface area (Å²) < 4.78 is 5.40. The molecule has 0 bridgehead atoms. The van der Waals surface area contributed by atoms with E-state index in [4.69, 9.17) is 16.3 Å². The lowest BCUT2D eigenvalue weighted by atomic mass is 9.88. The summed E-state index contributed by atoms with van der Waals surface area (Å²) in [6, 6.07) is 3.66. The highest BCUT2D eigenvalue weighted by molar-refractivity contribution is 6.31. The van der Waals surface area contributed by atoms with E-state index in [9.17, 15) is 5.11 Å². The number of aliphatic hydroxyl groups excluding tert-OH is 1. The molecule has 1 aromatic heterocycles. The van der Waals surface area contributed by atoms with Crippen LogP contribution in [0.3, 0.4) is 0 Å². The summed E-state index contributed by atoms with van der Waals surface area (Å²) in [6.07, 6.45) is 1.05. The maximum Gasteiger partial charge on any atom is 0.0989 e. The summed E-state index contributed by atoms with van der Waals surface area (Å²) in [5.41, 5.74) is 1.21. The highest BCUT2D eigenvalue weighted by Crippen LogP contribution is 2.36. The molecular weight excluding hydrogens is 290 g/mol. The molecule has 0 amide bonds. The summed E-state index contributed by atoms with van der Waals surface area (Å²) in [4.78, 5) is 2.25. The van der Waals surface area contributed by atoms with Crippen molar-refractivity contribution < 1.29 is 9.84 Å². The van der Waals surface area contributed by atoms with Crippen LogP contribution in [0.2, 0.25) is 5.02 Å². The zero-order chi connectivity index (χ0) is 15.0. The van der Waals surface area contributed by atoms with Crippen LogP contribution in [0.4, 0.5) is 0 Å². The minimum Gasteiger partial charge on any atom is -0.386 e. The van der Waals surface area contributed by atoms with Crippen molar-refractivity contribution >= 4 is 22.5 Å². The highest BCUT2D eigenvalue weighted by Gasteiger charge is 2.37. The van der Waals surface area contributed by atoms with Crippen molar-refractivity contribution in [2.24, 2.45) is 0 Å². The Morgan fingerprint density at radius 1 is 1.38 bits per heavy atom. The Hall–Kier alpha value is -1.14. The minimum atomic E-state index is -0.669. The quantitative estimate of drug-likeness (QED) is 0.914. The van der Waals surface area contributed by atoms with Crippen molar-refractivity contribution in [2.45, 2.75) is 25.5 Å². The van der Waals surface area contributed by atoms with Gasteiger partial charge in [-0.2, -0.15) is 5.10 Å². The normalized spacial score (nSPS) is 19.0. The van der Waals surface area contributed by atoms with E-state index in [1.54, 1.807) is 6.20 Å². The standard InChI is InChI=1S/C15H20ClN3O2/c1-15(2,19-3-5-21-6-4-19)14(20)12-8-11(16)7-10-9-17-18-13(10)12/h7-9,14,20H,3-6H2,1-2H3,(H,17,18). The number of aromatic amines is 1. The van der Waals surface area contributed by atoms with Crippen LogP contribution in [-0.2, 0) is 4.74 Å². The van der Waals surface area contributed by atoms with Crippen molar-refractivity contribution in [3.05, 3.63) is 28.9 Å². The lowest BCUT2D eigenvalue weighted by Gasteiger charge is -2.43. The third-order valence-corrected chi connectivity index (χ3v) is 4.55. The van der Waals surface area contributed by atoms with Gasteiger partial charge in [0.25, 0.3) is 0 Å². The van der Waals surface area contributed by atoms with Crippen LogP contribution < -0.4 is 0 Å². The molecule has 0 saturated carbocycles. The predicted molar refractivity (Wildman–Crippen MR) is 82.5 cm³/mol. The number of aliphatic hydroxyl groups is 1. The van der Waals surface area contributed by atoms with Gasteiger partial charge >= 0.3 is 0 Å². The van der Waals surface area contributed by atoms with Crippen molar-refractivity contribution in [3.63, 3.8) is 0 Å². The smallest absolute Gasteiger partial charge is 0.0989 e. The molecule has 1 atom stereocenters. The maximum atomic E-state index is 11.0. The molecule has 21 heavy (non-hydrogen) atoms. The van der Waals surface area contributed by atoms with Gasteiger partial charge < -0.3 is 9.84 Å². The Labute approximate surface area is 128 Å². The average molecular weight is 310 g/mol. The summed E-state index contributed by atoms with van der Waals surface area (Å²) >= 11 is 6.17. The summed E-state index contributed by atoms with van der Waals surface area (Å²) in [5, 5.41) is 19.5. The van der Waals surface area contributed by atoms with E-state index in [0.717, 1.165) is 29.6 Å². The van der Waals surface area contributed by atoms with Crippen LogP contribution in [0.15, 0.2) is 18.3 Å². The molecule has 1 aliphatic heterocycles. The first-order valence-electron chi connectivity index (χ1n) is 7.13. The number of morpholine rings is 1. The van der Waals surface area contributed by atoms with Gasteiger partial charge in [0.15, 0.2) is 0 Å². The molecule has 6 heteroatoms. The molecule has 3 rings (SSSR count). The molecule has 0 spiro atoms. The van der Waals surface area contributed by atoms with E-state index in [-0.39, 0.29) is 0 Å². The van der Waals surface area contributed by atoms with Gasteiger partial charge in [0.2, 0.25) is 0 Å². The Bertz CT molecular complexity index is 635. The lowest BCUT2D eigenvalue weighted by Crippen LogP contribution is -2.53. The average Bonchev–Trinajstić information content (AvgIpc) is 2.94. The molecule has 1 saturated heterocycles. The van der Waals surface area contributed by atoms with Gasteiger partial charge in [-0.25, -0.2) is 0 Å². The van der Waals surface area contributed by atoms with Gasteiger partial charge in [0.1, 0.15) is 0 Å². The number of nitrogens with one attached hydrogen (secondary N) is 1. The molecule has 2 N–H and O–H groups in total. The van der Waals surface area contributed by atoms with Crippen LogP contribution in [0.1, 0.15) is 25.5 Å². The Balaban J connectivity index is 1.98. The van der Waals surface area contributed by atoms with Crippen LogP contribution in [0.25, 0.3) is 10.9 Å². The monoisotopic (exact) mass is 309 g/mol. The number of hydrogen-bond donors (Lipinski definition) is 2. The first kappa shape index (κ1) is 14.8. The van der Waals surface area contributed by atoms with Crippen molar-refractivity contribution in [3.8, 4) is 0 Å². The number of fused-ring (bicyclic) bond motifs is 1. The Kier molecular flexibility index (Phi) is 3.92. The van der Waals surface area contributed by atoms with Crippen molar-refractivity contribution in [1.29, 1.82) is 0 Å². The zero-order valence-corrected chi connectivity index (χ0v) is 13.0. The van der Waals surface area contributed by atoms with Gasteiger partial charge in [0.05, 0.1) is 31.0 Å². The number of H-pyrrole nitrogens is 1. The molecule has 1 fully saturated rings. The van der Waals surface area contributed by atoms with Crippen LogP contribution in [-0.4, -0.2) is 52.0 Å². The number of ether oxygens (including phenoxy) is 1. The van der Waals surface area contributed by atoms with Gasteiger partial charge in [0, 0.05) is 34.6 Å². The third-order valence-electron chi connectivity index (χ3n) is 4.33. The predicted octanol–water partition coefficient (Wildman–Crippen LogP) is 2.36. The van der Waals surface area contributed by atoms with E-state index < -0.39 is 11.6 Å². The Morgan fingerprint density at radius 3 is 2.81 bits per heavy atom. The molecule has 1 unspecified atom stereocenters. The van der Waals surface area contributed by atoms with E-state index in [0.29, 0.717) is 18.2 Å². The number of benzene rings is 1. The second kappa shape index (κ2) is 5.57. The van der Waals surface area contributed by atoms with E-state index in [1.165, 1.54) is 0 Å². The van der Waals surface area contributed by atoms with Gasteiger partial charge in [-0.15, -0.1) is 0 Å². The zero-order valence-electron chi connectivity index (χ0n) is 12.3. The second-order valence-corrected chi connectivity index (χ2v) is 6.42. The van der Waals surface area contributed by atoms with E-state index in [1.807, 2.05) is 26.0 Å². The highest BCUT2D eigenvalue weighted by atomic mass is 35.5. The number of halogens is 1. The molecule has 0 aliphatic carbocycles. The van der Waals surface area contributed by atoms with Crippen LogP contribution in [0, 0.1) is 0 Å². The van der Waals surface area contributed by atoms with Gasteiger partial charge in [-0.1, -0.05) is 11.6 Å². The van der Waals surface area contributed by atoms with Crippen molar-refractivity contribution in [1.82, 2.24) is 15.1 Å². The van der Waals surface area contributed by atoms with Gasteiger partial charge in [-0.05, 0) is 26.0 Å². The minimum absolute atomic E-state index is 0.410. The first-order valence-corrected chi connectivity index (χ1v) is 7.51. The fourth-order valence-corrected chi connectivity index (χ4v) is 3.19. The SMILES string of the molecule is CC(C)(C(O)c1cc(Cl)cc2cn[nH]c12)N1CCOCC1. The molecule has 114 valence electrons. The lowest BCUT2D eigenvalue weighted by molar-refractivity contribution is -0.0626. The number of hydrogen-bond acceptors (Lipinski definition) is 4. The fourth-order valence-electron chi connectivity index (χ4n) is 2.96. The molecule has 1 aliphatic rings. The third kappa shape index (κ3) is 2.66. The number of nitrogens with zero attached hydrogens (tertiary/aromatic N) is 2. The molecule has 2 aromatic rings. The van der Waals surface area contributed by atoms with Gasteiger partial charge in [-0.3, -0.25) is 10.00 Å². The molecule has 0 radical (unpaired) electrons. The summed E-state index contributed by atoms with van der Waals surface area (Å²) in [7, 11) is 0. The molecule has 1 aromatic carbocycles. The molecular formula is C15H20ClN3O2. The van der Waals surface area contributed by atoms with Crippen molar-refractivity contribution in [2.75, 3.05) is 26.3 Å². The van der Waals surface area contributed by atoms with E-state index >= 15 is 0 Å². The molecule has 5 nitrogen and oxygen atoms in total. The van der Waals surface area contributed by atoms with Crippen LogP contribution >= 0.6 is 11.6 Å². The first-order chi connectivity index (χ1) is 10.00. The largest absolute Gasteiger partial charge is 0.386 e. The summed E-state index contributed by atoms with van der Waals surface area (Å²) in [5.74, 6) is 0.